The molecule has 0 aromatic carbocycles. The average Bonchev–Trinajstić information content (AvgIpc) is 3.20. The number of likely N-dealkylation sites (tertiary alicyclic amines) is 1. The van der Waals surface area contributed by atoms with E-state index in [2.05, 4.69) is 32.4 Å². The molecule has 26 heavy (non-hydrogen) atoms. The summed E-state index contributed by atoms with van der Waals surface area (Å²) in [4.78, 5) is 24.8. The molecule has 0 saturated carbocycles. The lowest BCUT2D eigenvalue weighted by Crippen LogP contribution is -2.42. The predicted molar refractivity (Wildman–Crippen MR) is 95.3 cm³/mol. The van der Waals surface area contributed by atoms with Crippen molar-refractivity contribution >= 4 is 6.03 Å². The molecular weight excluding hydrogens is 334 g/mol. The first kappa shape index (κ1) is 18.4. The third kappa shape index (κ3) is 5.04. The van der Waals surface area contributed by atoms with Crippen LogP contribution in [0.5, 0.6) is 0 Å². The van der Waals surface area contributed by atoms with E-state index in [1.807, 2.05) is 15.7 Å². The van der Waals surface area contributed by atoms with E-state index >= 15 is 0 Å². The van der Waals surface area contributed by atoms with Gasteiger partial charge in [0, 0.05) is 51.5 Å². The zero-order valence-corrected chi connectivity index (χ0v) is 15.5. The highest BCUT2D eigenvalue weighted by Crippen LogP contribution is 2.17. The number of nitrogens with one attached hydrogen (secondary N) is 1. The van der Waals surface area contributed by atoms with E-state index in [0.717, 1.165) is 38.9 Å². The van der Waals surface area contributed by atoms with E-state index in [1.54, 1.807) is 19.4 Å². The minimum atomic E-state index is 0.0159. The van der Waals surface area contributed by atoms with Crippen molar-refractivity contribution < 1.29 is 9.32 Å². The Morgan fingerprint density at radius 3 is 3.04 bits per heavy atom. The summed E-state index contributed by atoms with van der Waals surface area (Å²) in [5.74, 6) is 1.30. The quantitative estimate of drug-likeness (QED) is 0.833. The van der Waals surface area contributed by atoms with Crippen LogP contribution in [0.15, 0.2) is 23.2 Å². The van der Waals surface area contributed by atoms with Crippen molar-refractivity contribution in [3.05, 3.63) is 30.4 Å². The molecular formula is C17H27N7O2. The molecule has 0 aliphatic carbocycles. The van der Waals surface area contributed by atoms with Gasteiger partial charge in [0.15, 0.2) is 5.82 Å². The van der Waals surface area contributed by atoms with Crippen molar-refractivity contribution in [2.24, 2.45) is 0 Å². The lowest BCUT2D eigenvalue weighted by molar-refractivity contribution is 0.189. The van der Waals surface area contributed by atoms with Crippen LogP contribution in [0, 0.1) is 6.92 Å². The van der Waals surface area contributed by atoms with Crippen LogP contribution < -0.4 is 5.32 Å². The molecule has 0 radical (unpaired) electrons. The van der Waals surface area contributed by atoms with E-state index in [4.69, 9.17) is 4.52 Å². The van der Waals surface area contributed by atoms with Gasteiger partial charge in [0.1, 0.15) is 0 Å². The molecule has 9 heteroatoms. The molecule has 2 aromatic rings. The average molecular weight is 361 g/mol. The maximum Gasteiger partial charge on any atom is 0.317 e. The van der Waals surface area contributed by atoms with Crippen molar-refractivity contribution in [2.45, 2.75) is 45.3 Å². The van der Waals surface area contributed by atoms with Gasteiger partial charge in [-0.25, -0.2) is 9.78 Å². The summed E-state index contributed by atoms with van der Waals surface area (Å²) in [6, 6.07) is 0.430. The Kier molecular flexibility index (Phi) is 6.21. The lowest BCUT2D eigenvalue weighted by atomic mass is 10.1. The summed E-state index contributed by atoms with van der Waals surface area (Å²) in [5, 5.41) is 6.96. The second-order valence-corrected chi connectivity index (χ2v) is 6.75. The van der Waals surface area contributed by atoms with E-state index in [1.165, 1.54) is 0 Å². The largest absolute Gasteiger partial charge is 0.340 e. The molecule has 1 atom stereocenters. The number of hydrogen-bond acceptors (Lipinski definition) is 6. The Labute approximate surface area is 153 Å². The van der Waals surface area contributed by atoms with Crippen molar-refractivity contribution in [1.29, 1.82) is 0 Å². The lowest BCUT2D eigenvalue weighted by Gasteiger charge is -2.26. The molecule has 3 heterocycles. The van der Waals surface area contributed by atoms with Gasteiger partial charge in [-0.05, 0) is 26.3 Å². The number of imidazole rings is 1. The Hall–Kier alpha value is -2.42. The van der Waals surface area contributed by atoms with Gasteiger partial charge in [0.2, 0.25) is 5.89 Å². The fraction of sp³-hybridized carbons (Fsp3) is 0.647. The van der Waals surface area contributed by atoms with Crippen LogP contribution >= 0.6 is 0 Å². The minimum absolute atomic E-state index is 0.0159. The second kappa shape index (κ2) is 8.79. The molecule has 1 N–H and O–H groups in total. The van der Waals surface area contributed by atoms with Crippen molar-refractivity contribution in [1.82, 2.24) is 34.8 Å². The maximum absolute atomic E-state index is 12.4. The van der Waals surface area contributed by atoms with E-state index in [0.29, 0.717) is 30.8 Å². The number of urea groups is 1. The zero-order valence-electron chi connectivity index (χ0n) is 15.5. The normalized spacial score (nSPS) is 18.1. The van der Waals surface area contributed by atoms with Crippen LogP contribution in [0.4, 0.5) is 4.79 Å². The van der Waals surface area contributed by atoms with Crippen LogP contribution in [-0.2, 0) is 13.1 Å². The topological polar surface area (TPSA) is 92.3 Å². The second-order valence-electron chi connectivity index (χ2n) is 6.75. The highest BCUT2D eigenvalue weighted by atomic mass is 16.5. The summed E-state index contributed by atoms with van der Waals surface area (Å²) >= 11 is 0. The van der Waals surface area contributed by atoms with Crippen molar-refractivity contribution in [2.75, 3.05) is 26.7 Å². The van der Waals surface area contributed by atoms with Gasteiger partial charge in [-0.15, -0.1) is 0 Å². The number of carbonyl (C=O) groups is 1. The Bertz CT molecular complexity index is 685. The third-order valence-electron chi connectivity index (χ3n) is 4.77. The SMILES string of the molecule is Cc1nc(CN(C)C2CCCN(C(=O)NCCn3ccnc3)CC2)no1. The van der Waals surface area contributed by atoms with E-state index < -0.39 is 0 Å². The molecule has 1 fully saturated rings. The molecule has 9 nitrogen and oxygen atoms in total. The van der Waals surface area contributed by atoms with Gasteiger partial charge in [-0.1, -0.05) is 5.16 Å². The number of aryl methyl sites for hydroxylation is 1. The third-order valence-corrected chi connectivity index (χ3v) is 4.77. The maximum atomic E-state index is 12.4. The Morgan fingerprint density at radius 1 is 1.42 bits per heavy atom. The molecule has 1 unspecified atom stereocenters. The summed E-state index contributed by atoms with van der Waals surface area (Å²) < 4.78 is 6.99. The predicted octanol–water partition coefficient (Wildman–Crippen LogP) is 1.27. The fourth-order valence-corrected chi connectivity index (χ4v) is 3.30. The number of carbonyl (C=O) groups excluding carboxylic acids is 1. The molecule has 2 aromatic heterocycles. The molecule has 1 aliphatic rings. The number of hydrogen-bond donors (Lipinski definition) is 1. The molecule has 2 amide bonds. The number of amides is 2. The molecule has 0 bridgehead atoms. The molecule has 3 rings (SSSR count). The van der Waals surface area contributed by atoms with Crippen molar-refractivity contribution in [3.8, 4) is 0 Å². The van der Waals surface area contributed by atoms with Gasteiger partial charge < -0.3 is 19.3 Å². The zero-order chi connectivity index (χ0) is 18.4. The summed E-state index contributed by atoms with van der Waals surface area (Å²) in [7, 11) is 2.08. The number of aromatic nitrogens is 4. The fourth-order valence-electron chi connectivity index (χ4n) is 3.30. The smallest absolute Gasteiger partial charge is 0.317 e. The minimum Gasteiger partial charge on any atom is -0.340 e. The number of nitrogens with zero attached hydrogens (tertiary/aromatic N) is 6. The molecule has 142 valence electrons. The Balaban J connectivity index is 1.42. The first-order valence-corrected chi connectivity index (χ1v) is 9.10. The summed E-state index contributed by atoms with van der Waals surface area (Å²) in [5.41, 5.74) is 0. The first-order chi connectivity index (χ1) is 12.6. The highest BCUT2D eigenvalue weighted by Gasteiger charge is 2.23. The van der Waals surface area contributed by atoms with Crippen LogP contribution in [0.2, 0.25) is 0 Å². The van der Waals surface area contributed by atoms with Gasteiger partial charge in [0.25, 0.3) is 0 Å². The van der Waals surface area contributed by atoms with E-state index in [9.17, 15) is 4.79 Å². The standard InChI is InChI=1S/C17H27N7O2/c1-14-20-16(21-26-14)12-22(2)15-4-3-8-24(9-5-15)17(25)19-7-11-23-10-6-18-13-23/h6,10,13,15H,3-5,7-9,11-12H2,1-2H3,(H,19,25). The van der Waals surface area contributed by atoms with E-state index in [-0.39, 0.29) is 6.03 Å². The molecule has 1 aliphatic heterocycles. The van der Waals surface area contributed by atoms with Crippen LogP contribution in [0.3, 0.4) is 0 Å². The van der Waals surface area contributed by atoms with Gasteiger partial charge in [-0.2, -0.15) is 4.98 Å². The Morgan fingerprint density at radius 2 is 2.31 bits per heavy atom. The van der Waals surface area contributed by atoms with Crippen LogP contribution in [0.1, 0.15) is 31.0 Å². The summed E-state index contributed by atoms with van der Waals surface area (Å²) in [6.45, 7) is 5.35. The monoisotopic (exact) mass is 361 g/mol. The summed E-state index contributed by atoms with van der Waals surface area (Å²) in [6.07, 6.45) is 8.39. The van der Waals surface area contributed by atoms with Gasteiger partial charge >= 0.3 is 6.03 Å². The van der Waals surface area contributed by atoms with Gasteiger partial charge in [-0.3, -0.25) is 4.90 Å². The highest BCUT2D eigenvalue weighted by molar-refractivity contribution is 5.74. The molecule has 0 spiro atoms. The van der Waals surface area contributed by atoms with Crippen molar-refractivity contribution in [3.63, 3.8) is 0 Å². The molecule has 1 saturated heterocycles. The van der Waals surface area contributed by atoms with Crippen LogP contribution in [0.25, 0.3) is 0 Å². The number of rotatable bonds is 6. The first-order valence-electron chi connectivity index (χ1n) is 9.10. The van der Waals surface area contributed by atoms with Crippen LogP contribution in [-0.4, -0.2) is 68.2 Å². The van der Waals surface area contributed by atoms with Gasteiger partial charge in [0.05, 0.1) is 12.9 Å².